The molecule has 0 radical (unpaired) electrons. The zero-order valence-electron chi connectivity index (χ0n) is 5.18. The SMILES string of the molecule is C=C/C=C(\C)SOC. The zero-order valence-corrected chi connectivity index (χ0v) is 5.99. The Labute approximate surface area is 54.6 Å². The van der Waals surface area contributed by atoms with E-state index in [0.717, 1.165) is 4.91 Å². The molecule has 0 spiro atoms. The molecular formula is C6H10OS. The molecule has 0 aliphatic carbocycles. The Hall–Kier alpha value is -0.210. The second-order valence-electron chi connectivity index (χ2n) is 1.26. The van der Waals surface area contributed by atoms with E-state index in [4.69, 9.17) is 4.18 Å². The molecule has 0 saturated heterocycles. The summed E-state index contributed by atoms with van der Waals surface area (Å²) in [7, 11) is 1.64. The summed E-state index contributed by atoms with van der Waals surface area (Å²) in [5, 5.41) is 0. The van der Waals surface area contributed by atoms with Crippen molar-refractivity contribution in [2.24, 2.45) is 0 Å². The summed E-state index contributed by atoms with van der Waals surface area (Å²) in [6.07, 6.45) is 3.63. The maximum Gasteiger partial charge on any atom is 0.0508 e. The van der Waals surface area contributed by atoms with Gasteiger partial charge in [-0.1, -0.05) is 18.7 Å². The third-order valence-electron chi connectivity index (χ3n) is 0.567. The van der Waals surface area contributed by atoms with Crippen LogP contribution in [0.1, 0.15) is 6.92 Å². The first kappa shape index (κ1) is 7.79. The van der Waals surface area contributed by atoms with Gasteiger partial charge in [0.05, 0.1) is 7.11 Å². The number of allylic oxidation sites excluding steroid dienone is 3. The topological polar surface area (TPSA) is 9.23 Å². The van der Waals surface area contributed by atoms with Crippen molar-refractivity contribution >= 4 is 12.0 Å². The molecule has 0 rings (SSSR count). The smallest absolute Gasteiger partial charge is 0.0508 e. The van der Waals surface area contributed by atoms with Gasteiger partial charge in [0.2, 0.25) is 0 Å². The van der Waals surface area contributed by atoms with Crippen molar-refractivity contribution in [1.82, 2.24) is 0 Å². The van der Waals surface area contributed by atoms with Crippen molar-refractivity contribution in [3.63, 3.8) is 0 Å². The molecule has 0 aromatic heterocycles. The van der Waals surface area contributed by atoms with Crippen LogP contribution >= 0.6 is 12.0 Å². The van der Waals surface area contributed by atoms with Crippen LogP contribution in [0.25, 0.3) is 0 Å². The lowest BCUT2D eigenvalue weighted by molar-refractivity contribution is 0.493. The van der Waals surface area contributed by atoms with E-state index >= 15 is 0 Å². The van der Waals surface area contributed by atoms with Crippen LogP contribution in [0.5, 0.6) is 0 Å². The fourth-order valence-corrected chi connectivity index (χ4v) is 0.740. The Morgan fingerprint density at radius 1 is 1.75 bits per heavy atom. The molecule has 8 heavy (non-hydrogen) atoms. The van der Waals surface area contributed by atoms with Gasteiger partial charge in [-0.15, -0.1) is 0 Å². The molecule has 0 atom stereocenters. The molecule has 0 aliphatic rings. The van der Waals surface area contributed by atoms with Crippen LogP contribution in [0.4, 0.5) is 0 Å². The third kappa shape index (κ3) is 3.96. The Morgan fingerprint density at radius 3 is 2.75 bits per heavy atom. The molecule has 2 heteroatoms. The number of hydrogen-bond donors (Lipinski definition) is 0. The molecule has 0 unspecified atom stereocenters. The van der Waals surface area contributed by atoms with E-state index in [1.54, 1.807) is 13.2 Å². The molecule has 0 bridgehead atoms. The van der Waals surface area contributed by atoms with Gasteiger partial charge in [0.1, 0.15) is 0 Å². The Bertz CT molecular complexity index is 96.7. The maximum absolute atomic E-state index is 4.76. The van der Waals surface area contributed by atoms with Gasteiger partial charge in [-0.05, 0) is 6.92 Å². The highest BCUT2D eigenvalue weighted by atomic mass is 32.2. The summed E-state index contributed by atoms with van der Waals surface area (Å²) in [6.45, 7) is 5.51. The zero-order chi connectivity index (χ0) is 6.41. The minimum absolute atomic E-state index is 1.11. The molecule has 0 N–H and O–H groups in total. The van der Waals surface area contributed by atoms with Gasteiger partial charge in [-0.2, -0.15) is 0 Å². The molecule has 0 aromatic rings. The molecule has 1 nitrogen and oxygen atoms in total. The van der Waals surface area contributed by atoms with E-state index in [-0.39, 0.29) is 0 Å². The van der Waals surface area contributed by atoms with Crippen molar-refractivity contribution in [3.8, 4) is 0 Å². The highest BCUT2D eigenvalue weighted by Gasteiger charge is 1.82. The summed E-state index contributed by atoms with van der Waals surface area (Å²) in [4.78, 5) is 1.11. The number of hydrogen-bond acceptors (Lipinski definition) is 2. The Morgan fingerprint density at radius 2 is 2.38 bits per heavy atom. The first-order valence-electron chi connectivity index (χ1n) is 2.31. The van der Waals surface area contributed by atoms with Gasteiger partial charge in [0.15, 0.2) is 0 Å². The fraction of sp³-hybridized carbons (Fsp3) is 0.333. The highest BCUT2D eigenvalue weighted by molar-refractivity contribution is 7.98. The van der Waals surface area contributed by atoms with Crippen LogP contribution in [0, 0.1) is 0 Å². The Balaban J connectivity index is 3.44. The van der Waals surface area contributed by atoms with Crippen molar-refractivity contribution in [2.45, 2.75) is 6.92 Å². The predicted octanol–water partition coefficient (Wildman–Crippen LogP) is 2.37. The van der Waals surface area contributed by atoms with E-state index in [9.17, 15) is 0 Å². The first-order valence-corrected chi connectivity index (χ1v) is 3.05. The second kappa shape index (κ2) is 4.94. The summed E-state index contributed by atoms with van der Waals surface area (Å²) in [5.41, 5.74) is 0. The number of rotatable bonds is 3. The van der Waals surface area contributed by atoms with Crippen LogP contribution in [-0.2, 0) is 4.18 Å². The van der Waals surface area contributed by atoms with E-state index in [1.165, 1.54) is 12.0 Å². The lowest BCUT2D eigenvalue weighted by Gasteiger charge is -1.91. The minimum Gasteiger partial charge on any atom is -0.314 e. The van der Waals surface area contributed by atoms with Crippen LogP contribution in [0.3, 0.4) is 0 Å². The molecule has 0 aliphatic heterocycles. The quantitative estimate of drug-likeness (QED) is 0.428. The van der Waals surface area contributed by atoms with Crippen LogP contribution < -0.4 is 0 Å². The highest BCUT2D eigenvalue weighted by Crippen LogP contribution is 2.13. The second-order valence-corrected chi connectivity index (χ2v) is 2.41. The van der Waals surface area contributed by atoms with Crippen molar-refractivity contribution in [1.29, 1.82) is 0 Å². The first-order chi connectivity index (χ1) is 3.81. The molecule has 0 aromatic carbocycles. The lowest BCUT2D eigenvalue weighted by Crippen LogP contribution is -1.66. The lowest BCUT2D eigenvalue weighted by atomic mass is 10.5. The van der Waals surface area contributed by atoms with Crippen LogP contribution in [0.2, 0.25) is 0 Å². The predicted molar refractivity (Wildman–Crippen MR) is 38.6 cm³/mol. The van der Waals surface area contributed by atoms with Gasteiger partial charge in [0.25, 0.3) is 0 Å². The summed E-state index contributed by atoms with van der Waals surface area (Å²) >= 11 is 1.35. The van der Waals surface area contributed by atoms with Gasteiger partial charge in [-0.25, -0.2) is 0 Å². The van der Waals surface area contributed by atoms with Gasteiger partial charge < -0.3 is 4.18 Å². The molecule has 0 fully saturated rings. The fourth-order valence-electron chi connectivity index (χ4n) is 0.325. The molecule has 0 amide bonds. The van der Waals surface area contributed by atoms with E-state index in [0.29, 0.717) is 0 Å². The molecular weight excluding hydrogens is 120 g/mol. The Kier molecular flexibility index (Phi) is 4.81. The van der Waals surface area contributed by atoms with Crippen molar-refractivity contribution < 1.29 is 4.18 Å². The van der Waals surface area contributed by atoms with Gasteiger partial charge >= 0.3 is 0 Å². The average molecular weight is 130 g/mol. The standard InChI is InChI=1S/C6H10OS/c1-4-5-6(2)8-7-3/h4-5H,1H2,2-3H3/b6-5+. The largest absolute Gasteiger partial charge is 0.314 e. The van der Waals surface area contributed by atoms with Crippen molar-refractivity contribution in [2.75, 3.05) is 7.11 Å². The summed E-state index contributed by atoms with van der Waals surface area (Å²) in [6, 6.07) is 0. The maximum atomic E-state index is 4.76. The normalized spacial score (nSPS) is 11.5. The molecule has 46 valence electrons. The van der Waals surface area contributed by atoms with E-state index < -0.39 is 0 Å². The van der Waals surface area contributed by atoms with Gasteiger partial charge in [0, 0.05) is 16.9 Å². The minimum atomic E-state index is 1.11. The van der Waals surface area contributed by atoms with E-state index in [1.807, 2.05) is 13.0 Å². The van der Waals surface area contributed by atoms with E-state index in [2.05, 4.69) is 6.58 Å². The average Bonchev–Trinajstić information content (AvgIpc) is 1.68. The summed E-state index contributed by atoms with van der Waals surface area (Å²) in [5.74, 6) is 0. The van der Waals surface area contributed by atoms with Crippen LogP contribution in [-0.4, -0.2) is 7.11 Å². The van der Waals surface area contributed by atoms with Crippen molar-refractivity contribution in [3.05, 3.63) is 23.6 Å². The molecule has 0 saturated carbocycles. The summed E-state index contributed by atoms with van der Waals surface area (Å²) < 4.78 is 4.76. The molecule has 0 heterocycles. The third-order valence-corrected chi connectivity index (χ3v) is 1.13. The van der Waals surface area contributed by atoms with Gasteiger partial charge in [-0.3, -0.25) is 0 Å². The van der Waals surface area contributed by atoms with Crippen LogP contribution in [0.15, 0.2) is 23.6 Å². The monoisotopic (exact) mass is 130 g/mol.